The average molecular weight is 340 g/mol. The fourth-order valence-electron chi connectivity index (χ4n) is 1.62. The fraction of sp³-hybridized carbons (Fsp3) is 0.417. The average Bonchev–Trinajstić information content (AvgIpc) is 2.18. The molecule has 0 aliphatic carbocycles. The normalized spacial score (nSPS) is 12.2. The second kappa shape index (κ2) is 5.79. The van der Waals surface area contributed by atoms with Gasteiger partial charge in [-0.1, -0.05) is 44.0 Å². The van der Waals surface area contributed by atoms with Gasteiger partial charge in [-0.25, -0.2) is 13.2 Å². The van der Waals surface area contributed by atoms with Gasteiger partial charge in [0.1, 0.15) is 5.56 Å². The van der Waals surface area contributed by atoms with Gasteiger partial charge >= 0.3 is 5.97 Å². The first kappa shape index (κ1) is 17.1. The van der Waals surface area contributed by atoms with Crippen LogP contribution < -0.4 is 4.72 Å². The van der Waals surface area contributed by atoms with Gasteiger partial charge < -0.3 is 5.11 Å². The molecule has 0 saturated heterocycles. The zero-order chi connectivity index (χ0) is 15.7. The van der Waals surface area contributed by atoms with Crippen molar-refractivity contribution < 1.29 is 18.3 Å². The molecule has 20 heavy (non-hydrogen) atoms. The summed E-state index contributed by atoms with van der Waals surface area (Å²) in [6, 6.07) is 2.64. The SMILES string of the molecule is CC(C)(C)CS(=O)(=O)Nc1c(Cl)ccc(Cl)c1C(=O)O. The lowest BCUT2D eigenvalue weighted by Gasteiger charge is -2.20. The molecule has 1 aromatic rings. The van der Waals surface area contributed by atoms with E-state index in [1.54, 1.807) is 20.8 Å². The van der Waals surface area contributed by atoms with E-state index in [2.05, 4.69) is 4.72 Å². The molecule has 8 heteroatoms. The topological polar surface area (TPSA) is 83.5 Å². The number of rotatable bonds is 4. The molecule has 0 radical (unpaired) electrons. The second-order valence-corrected chi connectivity index (χ2v) is 8.04. The number of anilines is 1. The van der Waals surface area contributed by atoms with Gasteiger partial charge in [0.25, 0.3) is 0 Å². The summed E-state index contributed by atoms with van der Waals surface area (Å²) in [5, 5.41) is 9.01. The Morgan fingerprint density at radius 2 is 1.75 bits per heavy atom. The number of carbonyl (C=O) groups is 1. The van der Waals surface area contributed by atoms with Crippen LogP contribution in [0.25, 0.3) is 0 Å². The van der Waals surface area contributed by atoms with E-state index in [1.807, 2.05) is 0 Å². The third-order valence-electron chi connectivity index (χ3n) is 2.20. The lowest BCUT2D eigenvalue weighted by molar-refractivity contribution is 0.0698. The Bertz CT molecular complexity index is 636. The van der Waals surface area contributed by atoms with Gasteiger partial charge in [-0.3, -0.25) is 4.72 Å². The number of nitrogens with one attached hydrogen (secondary N) is 1. The molecule has 1 aromatic carbocycles. The van der Waals surface area contributed by atoms with Crippen molar-refractivity contribution in [2.24, 2.45) is 5.41 Å². The highest BCUT2D eigenvalue weighted by molar-refractivity contribution is 7.92. The molecule has 0 unspecified atom stereocenters. The summed E-state index contributed by atoms with van der Waals surface area (Å²) in [5.41, 5.74) is -1.06. The minimum atomic E-state index is -3.74. The summed E-state index contributed by atoms with van der Waals surface area (Å²) in [5.74, 6) is -1.53. The number of hydrogen-bond acceptors (Lipinski definition) is 3. The van der Waals surface area contributed by atoms with Gasteiger partial charge in [0, 0.05) is 0 Å². The van der Waals surface area contributed by atoms with E-state index < -0.39 is 21.4 Å². The highest BCUT2D eigenvalue weighted by Gasteiger charge is 2.26. The molecule has 5 nitrogen and oxygen atoms in total. The minimum Gasteiger partial charge on any atom is -0.478 e. The first-order valence-corrected chi connectivity index (χ1v) is 8.05. The minimum absolute atomic E-state index is 0.0238. The quantitative estimate of drug-likeness (QED) is 0.879. The van der Waals surface area contributed by atoms with E-state index >= 15 is 0 Å². The van der Waals surface area contributed by atoms with Crippen molar-refractivity contribution in [1.29, 1.82) is 0 Å². The van der Waals surface area contributed by atoms with Gasteiger partial charge in [0.05, 0.1) is 21.5 Å². The third kappa shape index (κ3) is 4.54. The van der Waals surface area contributed by atoms with Crippen molar-refractivity contribution in [3.63, 3.8) is 0 Å². The van der Waals surface area contributed by atoms with E-state index in [4.69, 9.17) is 28.3 Å². The van der Waals surface area contributed by atoms with Gasteiger partial charge in [0.15, 0.2) is 0 Å². The van der Waals surface area contributed by atoms with E-state index in [1.165, 1.54) is 12.1 Å². The maximum absolute atomic E-state index is 12.0. The highest BCUT2D eigenvalue weighted by atomic mass is 35.5. The van der Waals surface area contributed by atoms with Gasteiger partial charge in [-0.2, -0.15) is 0 Å². The summed E-state index contributed by atoms with van der Waals surface area (Å²) in [4.78, 5) is 11.2. The molecule has 0 aliphatic heterocycles. The lowest BCUT2D eigenvalue weighted by Crippen LogP contribution is -2.27. The number of halogens is 2. The van der Waals surface area contributed by atoms with Crippen LogP contribution in [-0.4, -0.2) is 25.2 Å². The van der Waals surface area contributed by atoms with Crippen molar-refractivity contribution >= 4 is 44.9 Å². The summed E-state index contributed by atoms with van der Waals surface area (Å²) in [6.45, 7) is 5.26. The van der Waals surface area contributed by atoms with Crippen LogP contribution in [0.1, 0.15) is 31.1 Å². The van der Waals surface area contributed by atoms with Crippen LogP contribution in [0, 0.1) is 5.41 Å². The van der Waals surface area contributed by atoms with Crippen molar-refractivity contribution in [3.05, 3.63) is 27.7 Å². The Morgan fingerprint density at radius 3 is 2.20 bits per heavy atom. The molecule has 0 fully saturated rings. The Labute approximate surface area is 127 Å². The smallest absolute Gasteiger partial charge is 0.339 e. The molecule has 112 valence electrons. The Balaban J connectivity index is 3.29. The Kier molecular flexibility index (Phi) is 4.94. The third-order valence-corrected chi connectivity index (χ3v) is 4.59. The fourth-order valence-corrected chi connectivity index (χ4v) is 3.86. The monoisotopic (exact) mass is 339 g/mol. The molecular formula is C12H15Cl2NO4S. The van der Waals surface area contributed by atoms with Crippen molar-refractivity contribution in [2.75, 3.05) is 10.5 Å². The van der Waals surface area contributed by atoms with Crippen LogP contribution in [0.4, 0.5) is 5.69 Å². The molecule has 1 rings (SSSR count). The molecule has 0 bridgehead atoms. The van der Waals surface area contributed by atoms with E-state index in [-0.39, 0.29) is 27.0 Å². The summed E-state index contributed by atoms with van der Waals surface area (Å²) in [7, 11) is -3.74. The molecule has 0 spiro atoms. The van der Waals surface area contributed by atoms with Crippen LogP contribution in [-0.2, 0) is 10.0 Å². The van der Waals surface area contributed by atoms with Gasteiger partial charge in [0.2, 0.25) is 10.0 Å². The molecule has 0 heterocycles. The van der Waals surface area contributed by atoms with Crippen LogP contribution in [0.15, 0.2) is 12.1 Å². The highest BCUT2D eigenvalue weighted by Crippen LogP contribution is 2.33. The largest absolute Gasteiger partial charge is 0.478 e. The maximum atomic E-state index is 12.0. The van der Waals surface area contributed by atoms with Crippen molar-refractivity contribution in [1.82, 2.24) is 0 Å². The first-order chi connectivity index (χ1) is 8.93. The zero-order valence-corrected chi connectivity index (χ0v) is 13.5. The zero-order valence-electron chi connectivity index (χ0n) is 11.2. The summed E-state index contributed by atoms with van der Waals surface area (Å²) < 4.78 is 26.3. The van der Waals surface area contributed by atoms with E-state index in [0.717, 1.165) is 0 Å². The molecule has 0 amide bonds. The van der Waals surface area contributed by atoms with Crippen LogP contribution in [0.3, 0.4) is 0 Å². The van der Waals surface area contributed by atoms with E-state index in [0.29, 0.717) is 0 Å². The predicted octanol–water partition coefficient (Wildman–Crippen LogP) is 3.48. The molecule has 0 aromatic heterocycles. The van der Waals surface area contributed by atoms with Crippen molar-refractivity contribution in [2.45, 2.75) is 20.8 Å². The number of aromatic carboxylic acids is 1. The molecule has 0 saturated carbocycles. The van der Waals surface area contributed by atoms with Crippen molar-refractivity contribution in [3.8, 4) is 0 Å². The predicted molar refractivity (Wildman–Crippen MR) is 80.3 cm³/mol. The summed E-state index contributed by atoms with van der Waals surface area (Å²) >= 11 is 11.7. The molecule has 0 aliphatic rings. The standard InChI is InChI=1S/C12H15Cl2NO4S/c1-12(2,3)6-20(18,19)15-10-8(14)5-4-7(13)9(10)11(16)17/h4-5,15H,6H2,1-3H3,(H,16,17). The number of carboxylic acids is 1. The number of benzene rings is 1. The number of hydrogen-bond donors (Lipinski definition) is 2. The summed E-state index contributed by atoms with van der Waals surface area (Å²) in [6.07, 6.45) is 0. The molecule has 2 N–H and O–H groups in total. The van der Waals surface area contributed by atoms with Gasteiger partial charge in [-0.05, 0) is 17.5 Å². The first-order valence-electron chi connectivity index (χ1n) is 5.65. The van der Waals surface area contributed by atoms with Crippen LogP contribution >= 0.6 is 23.2 Å². The van der Waals surface area contributed by atoms with Crippen LogP contribution in [0.5, 0.6) is 0 Å². The molecular weight excluding hydrogens is 325 g/mol. The Hall–Kier alpha value is -0.980. The number of carboxylic acid groups (broad SMARTS) is 1. The van der Waals surface area contributed by atoms with Crippen LogP contribution in [0.2, 0.25) is 10.0 Å². The van der Waals surface area contributed by atoms with E-state index in [9.17, 15) is 13.2 Å². The lowest BCUT2D eigenvalue weighted by atomic mass is 10.0. The van der Waals surface area contributed by atoms with Gasteiger partial charge in [-0.15, -0.1) is 0 Å². The Morgan fingerprint density at radius 1 is 1.25 bits per heavy atom. The maximum Gasteiger partial charge on any atom is 0.339 e. The number of sulfonamides is 1. The molecule has 0 atom stereocenters. The second-order valence-electron chi connectivity index (χ2n) is 5.51.